The molecule has 40 heavy (non-hydrogen) atoms. The van der Waals surface area contributed by atoms with E-state index in [1.165, 1.54) is 7.11 Å². The van der Waals surface area contributed by atoms with Gasteiger partial charge in [-0.2, -0.15) is 0 Å². The summed E-state index contributed by atoms with van der Waals surface area (Å²) < 4.78 is 12.2. The van der Waals surface area contributed by atoms with Crippen LogP contribution in [0.4, 0.5) is 0 Å². The molecule has 0 saturated carbocycles. The summed E-state index contributed by atoms with van der Waals surface area (Å²) in [5.41, 5.74) is 3.42. The third-order valence-corrected chi connectivity index (χ3v) is 6.83. The molecule has 9 heteroatoms. The van der Waals surface area contributed by atoms with Gasteiger partial charge in [0.05, 0.1) is 12.8 Å². The number of aryl methyl sites for hydroxylation is 1. The number of methoxy groups -OCH3 is 1. The first-order chi connectivity index (χ1) is 19.4. The minimum absolute atomic E-state index is 0.0531. The van der Waals surface area contributed by atoms with Crippen LogP contribution in [0.3, 0.4) is 0 Å². The average molecular weight is 539 g/mol. The van der Waals surface area contributed by atoms with Crippen LogP contribution in [0.5, 0.6) is 17.4 Å². The summed E-state index contributed by atoms with van der Waals surface area (Å²) in [6.45, 7) is 4.50. The van der Waals surface area contributed by atoms with E-state index < -0.39 is 17.1 Å². The van der Waals surface area contributed by atoms with E-state index in [4.69, 9.17) is 9.47 Å². The van der Waals surface area contributed by atoms with Crippen LogP contribution in [-0.2, 0) is 13.0 Å². The lowest BCUT2D eigenvalue weighted by molar-refractivity contribution is 0.306. The molecule has 0 atom stereocenters. The summed E-state index contributed by atoms with van der Waals surface area (Å²) in [6, 6.07) is 22.5. The average Bonchev–Trinajstić information content (AvgIpc) is 3.26. The van der Waals surface area contributed by atoms with E-state index in [-0.39, 0.29) is 5.56 Å². The summed E-state index contributed by atoms with van der Waals surface area (Å²) in [5, 5.41) is 12.0. The zero-order valence-electron chi connectivity index (χ0n) is 22.5. The minimum atomic E-state index is -0.746. The standard InChI is InChI=1S/C31H30N4O5/c1-19-25(26-17-24(13-14-27(26)33-19)40-18-21-7-5-4-6-8-21)15-16-32-20(2)28-29(36)34-31(38)35(30(28)37)22-9-11-23(39-3)12-10-22/h4-14,17,33,37H,15-16,18H2,1-3H3,(H,34,36,38). The molecule has 9 nitrogen and oxygen atoms in total. The zero-order chi connectivity index (χ0) is 28.2. The molecular weight excluding hydrogens is 508 g/mol. The second-order valence-corrected chi connectivity index (χ2v) is 9.42. The van der Waals surface area contributed by atoms with Crippen LogP contribution in [0.15, 0.2) is 87.4 Å². The van der Waals surface area contributed by atoms with Gasteiger partial charge in [0, 0.05) is 28.9 Å². The number of aromatic amines is 2. The van der Waals surface area contributed by atoms with Crippen molar-refractivity contribution < 1.29 is 14.6 Å². The van der Waals surface area contributed by atoms with Gasteiger partial charge in [-0.1, -0.05) is 30.3 Å². The Morgan fingerprint density at radius 3 is 2.42 bits per heavy atom. The van der Waals surface area contributed by atoms with Crippen LogP contribution < -0.4 is 20.7 Å². The zero-order valence-corrected chi connectivity index (χ0v) is 22.5. The number of hydrogen-bond acceptors (Lipinski definition) is 6. The number of nitrogens with zero attached hydrogens (tertiary/aromatic N) is 2. The van der Waals surface area contributed by atoms with E-state index in [9.17, 15) is 14.7 Å². The monoisotopic (exact) mass is 538 g/mol. The van der Waals surface area contributed by atoms with Crippen LogP contribution in [0.25, 0.3) is 16.6 Å². The lowest BCUT2D eigenvalue weighted by Gasteiger charge is -2.12. The number of aromatic nitrogens is 3. The smallest absolute Gasteiger partial charge is 0.335 e. The minimum Gasteiger partial charge on any atom is -0.497 e. The highest BCUT2D eigenvalue weighted by molar-refractivity contribution is 6.00. The quantitative estimate of drug-likeness (QED) is 0.236. The van der Waals surface area contributed by atoms with Crippen molar-refractivity contribution in [3.05, 3.63) is 116 Å². The van der Waals surface area contributed by atoms with Gasteiger partial charge in [-0.05, 0) is 73.9 Å². The molecule has 5 aromatic rings. The van der Waals surface area contributed by atoms with Crippen molar-refractivity contribution in [3.8, 4) is 23.1 Å². The largest absolute Gasteiger partial charge is 0.497 e. The van der Waals surface area contributed by atoms with Crippen molar-refractivity contribution >= 4 is 16.6 Å². The third-order valence-electron chi connectivity index (χ3n) is 6.83. The number of benzene rings is 3. The normalized spacial score (nSPS) is 11.6. The summed E-state index contributed by atoms with van der Waals surface area (Å²) in [7, 11) is 1.53. The molecular formula is C31H30N4O5. The number of aromatic hydroxyl groups is 1. The molecule has 2 heterocycles. The van der Waals surface area contributed by atoms with Gasteiger partial charge >= 0.3 is 5.69 Å². The Balaban J connectivity index is 1.38. The van der Waals surface area contributed by atoms with Crippen molar-refractivity contribution in [1.29, 1.82) is 0 Å². The molecule has 0 amide bonds. The summed E-state index contributed by atoms with van der Waals surface area (Å²) >= 11 is 0. The van der Waals surface area contributed by atoms with Crippen LogP contribution >= 0.6 is 0 Å². The maximum atomic E-state index is 12.7. The number of rotatable bonds is 9. The Morgan fingerprint density at radius 1 is 0.975 bits per heavy atom. The third kappa shape index (κ3) is 5.40. The number of fused-ring (bicyclic) bond motifs is 1. The van der Waals surface area contributed by atoms with Crippen LogP contribution in [0.2, 0.25) is 0 Å². The summed E-state index contributed by atoms with van der Waals surface area (Å²) in [5.74, 6) is 0.901. The first kappa shape index (κ1) is 26.6. The van der Waals surface area contributed by atoms with Crippen molar-refractivity contribution in [3.63, 3.8) is 0 Å². The number of ether oxygens (including phenoxy) is 2. The molecule has 0 saturated heterocycles. The lowest BCUT2D eigenvalue weighted by Crippen LogP contribution is -2.32. The molecule has 0 bridgehead atoms. The highest BCUT2D eigenvalue weighted by Gasteiger charge is 2.18. The van der Waals surface area contributed by atoms with Crippen molar-refractivity contribution in [2.45, 2.75) is 26.9 Å². The molecule has 0 aliphatic heterocycles. The predicted octanol–water partition coefficient (Wildman–Crippen LogP) is 4.66. The Bertz CT molecular complexity index is 1800. The van der Waals surface area contributed by atoms with E-state index >= 15 is 0 Å². The molecule has 0 radical (unpaired) electrons. The molecule has 0 unspecified atom stereocenters. The molecule has 5 rings (SSSR count). The number of aliphatic imine (C=N–C) groups is 1. The fourth-order valence-electron chi connectivity index (χ4n) is 4.75. The van der Waals surface area contributed by atoms with Gasteiger partial charge in [-0.25, -0.2) is 9.36 Å². The van der Waals surface area contributed by atoms with E-state index in [1.54, 1.807) is 31.2 Å². The number of H-pyrrole nitrogens is 2. The van der Waals surface area contributed by atoms with Crippen LogP contribution in [0, 0.1) is 6.92 Å². The highest BCUT2D eigenvalue weighted by Crippen LogP contribution is 2.28. The van der Waals surface area contributed by atoms with Crippen molar-refractivity contribution in [2.24, 2.45) is 4.99 Å². The lowest BCUT2D eigenvalue weighted by atomic mass is 10.1. The fourth-order valence-corrected chi connectivity index (χ4v) is 4.75. The Morgan fingerprint density at radius 2 is 1.70 bits per heavy atom. The van der Waals surface area contributed by atoms with E-state index in [1.807, 2.05) is 55.5 Å². The molecule has 0 fully saturated rings. The Labute approximate surface area is 230 Å². The fraction of sp³-hybridized carbons (Fsp3) is 0.194. The van der Waals surface area contributed by atoms with Gasteiger partial charge in [0.15, 0.2) is 0 Å². The molecule has 2 aromatic heterocycles. The first-order valence-electron chi connectivity index (χ1n) is 12.9. The molecule has 0 spiro atoms. The maximum absolute atomic E-state index is 12.7. The van der Waals surface area contributed by atoms with Crippen molar-refractivity contribution in [1.82, 2.24) is 14.5 Å². The van der Waals surface area contributed by atoms with Crippen molar-refractivity contribution in [2.75, 3.05) is 13.7 Å². The topological polar surface area (TPSA) is 122 Å². The van der Waals surface area contributed by atoms with E-state index in [0.29, 0.717) is 36.7 Å². The SMILES string of the molecule is COc1ccc(-n2c(O)c(C(C)=NCCc3c(C)[nH]c4ccc(OCc5ccccc5)cc34)c(=O)[nH]c2=O)cc1. The van der Waals surface area contributed by atoms with Crippen LogP contribution in [-0.4, -0.2) is 39.0 Å². The summed E-state index contributed by atoms with van der Waals surface area (Å²) in [6.07, 6.45) is 0.599. The molecule has 3 N–H and O–H groups in total. The molecule has 204 valence electrons. The van der Waals surface area contributed by atoms with Gasteiger partial charge < -0.3 is 19.6 Å². The van der Waals surface area contributed by atoms with Gasteiger partial charge in [0.25, 0.3) is 5.56 Å². The number of hydrogen-bond donors (Lipinski definition) is 3. The van der Waals surface area contributed by atoms with Gasteiger partial charge in [-0.3, -0.25) is 14.8 Å². The van der Waals surface area contributed by atoms with E-state index in [2.05, 4.69) is 15.0 Å². The maximum Gasteiger partial charge on any atom is 0.335 e. The van der Waals surface area contributed by atoms with Gasteiger partial charge in [0.2, 0.25) is 5.88 Å². The highest BCUT2D eigenvalue weighted by atomic mass is 16.5. The molecule has 0 aliphatic carbocycles. The van der Waals surface area contributed by atoms with Crippen LogP contribution in [0.1, 0.15) is 29.3 Å². The molecule has 0 aliphatic rings. The number of nitrogens with one attached hydrogen (secondary N) is 2. The van der Waals surface area contributed by atoms with E-state index in [0.717, 1.165) is 38.0 Å². The molecule has 3 aromatic carbocycles. The van der Waals surface area contributed by atoms with Gasteiger partial charge in [0.1, 0.15) is 23.7 Å². The predicted molar refractivity (Wildman–Crippen MR) is 155 cm³/mol. The second-order valence-electron chi connectivity index (χ2n) is 9.42. The first-order valence-corrected chi connectivity index (χ1v) is 12.9. The van der Waals surface area contributed by atoms with Gasteiger partial charge in [-0.15, -0.1) is 0 Å². The Hall–Kier alpha value is -5.05. The summed E-state index contributed by atoms with van der Waals surface area (Å²) in [4.78, 5) is 35.5. The Kier molecular flexibility index (Phi) is 7.54. The second kappa shape index (κ2) is 11.4.